The highest BCUT2D eigenvalue weighted by molar-refractivity contribution is 7.17. The zero-order valence-electron chi connectivity index (χ0n) is 15.2. The number of furan rings is 1. The van der Waals surface area contributed by atoms with E-state index in [-0.39, 0.29) is 18.0 Å². The van der Waals surface area contributed by atoms with Gasteiger partial charge < -0.3 is 19.5 Å². The summed E-state index contributed by atoms with van der Waals surface area (Å²) in [4.78, 5) is 7.35. The number of nitrogens with zero attached hydrogens (tertiary/aromatic N) is 3. The number of aliphatic hydroxyl groups is 1. The molecule has 0 aliphatic carbocycles. The van der Waals surface area contributed by atoms with Gasteiger partial charge in [-0.25, -0.2) is 0 Å². The molecule has 1 aromatic carbocycles. The van der Waals surface area contributed by atoms with Crippen molar-refractivity contribution in [2.24, 2.45) is 0 Å². The van der Waals surface area contributed by atoms with Gasteiger partial charge in [0.2, 0.25) is 16.7 Å². The first-order valence-electron chi connectivity index (χ1n) is 9.40. The Morgan fingerprint density at radius 1 is 1.14 bits per heavy atom. The van der Waals surface area contributed by atoms with Crippen LogP contribution >= 0.6 is 11.3 Å². The molecule has 0 saturated carbocycles. The fraction of sp³-hybridized carbons (Fsp3) is 0.300. The first-order valence-corrected chi connectivity index (χ1v) is 10.2. The molecule has 4 heterocycles. The molecule has 3 N–H and O–H groups in total. The summed E-state index contributed by atoms with van der Waals surface area (Å²) in [6, 6.07) is 13.8. The molecule has 7 nitrogen and oxygen atoms in total. The predicted octanol–water partition coefficient (Wildman–Crippen LogP) is 1.89. The molecule has 0 radical (unpaired) electrons. The summed E-state index contributed by atoms with van der Waals surface area (Å²) >= 11 is 1.45. The summed E-state index contributed by atoms with van der Waals surface area (Å²) in [6.07, 6.45) is 2.88. The van der Waals surface area contributed by atoms with Crippen LogP contribution in [0.1, 0.15) is 29.3 Å². The van der Waals surface area contributed by atoms with Crippen molar-refractivity contribution >= 4 is 16.3 Å². The SMILES string of the molecule is Oc1c([C@H](c2ccccc2)[NH+]2CCC(O)CC2)sc2nc(-c3ccco3)nn12. The number of benzene rings is 1. The van der Waals surface area contributed by atoms with E-state index < -0.39 is 0 Å². The van der Waals surface area contributed by atoms with E-state index >= 15 is 0 Å². The maximum absolute atomic E-state index is 11.0. The van der Waals surface area contributed by atoms with E-state index in [1.807, 2.05) is 18.2 Å². The number of hydrogen-bond acceptors (Lipinski definition) is 6. The minimum absolute atomic E-state index is 0.0192. The highest BCUT2D eigenvalue weighted by Crippen LogP contribution is 2.36. The average Bonchev–Trinajstić information content (AvgIpc) is 3.43. The average molecular weight is 397 g/mol. The van der Waals surface area contributed by atoms with E-state index in [0.29, 0.717) is 16.5 Å². The summed E-state index contributed by atoms with van der Waals surface area (Å²) in [5.41, 5.74) is 1.14. The highest BCUT2D eigenvalue weighted by Gasteiger charge is 2.35. The van der Waals surface area contributed by atoms with Gasteiger partial charge in [0.05, 0.1) is 25.5 Å². The predicted molar refractivity (Wildman–Crippen MR) is 104 cm³/mol. The van der Waals surface area contributed by atoms with E-state index in [2.05, 4.69) is 22.2 Å². The number of aliphatic hydroxyl groups excluding tert-OH is 1. The van der Waals surface area contributed by atoms with Gasteiger partial charge in [-0.3, -0.25) is 0 Å². The Kier molecular flexibility index (Phi) is 4.38. The maximum Gasteiger partial charge on any atom is 0.235 e. The fourth-order valence-electron chi connectivity index (χ4n) is 3.93. The van der Waals surface area contributed by atoms with Crippen LogP contribution in [0, 0.1) is 0 Å². The molecule has 3 aromatic heterocycles. The Labute approximate surface area is 165 Å². The van der Waals surface area contributed by atoms with Gasteiger partial charge in [0.25, 0.3) is 0 Å². The Hall–Kier alpha value is -2.68. The molecule has 4 aromatic rings. The van der Waals surface area contributed by atoms with Crippen LogP contribution in [0.4, 0.5) is 0 Å². The van der Waals surface area contributed by atoms with Crippen LogP contribution in [0.3, 0.4) is 0 Å². The molecule has 0 spiro atoms. The van der Waals surface area contributed by atoms with E-state index in [1.165, 1.54) is 20.8 Å². The number of nitrogens with one attached hydrogen (secondary N) is 1. The van der Waals surface area contributed by atoms with Gasteiger partial charge in [-0.2, -0.15) is 9.50 Å². The Morgan fingerprint density at radius 3 is 2.61 bits per heavy atom. The van der Waals surface area contributed by atoms with Gasteiger partial charge in [-0.1, -0.05) is 41.7 Å². The van der Waals surface area contributed by atoms with Crippen molar-refractivity contribution in [2.75, 3.05) is 13.1 Å². The third kappa shape index (κ3) is 2.99. The van der Waals surface area contributed by atoms with Gasteiger partial charge >= 0.3 is 0 Å². The second kappa shape index (κ2) is 7.05. The number of fused-ring (bicyclic) bond motifs is 1. The van der Waals surface area contributed by atoms with Crippen LogP contribution in [0.25, 0.3) is 16.5 Å². The summed E-state index contributed by atoms with van der Waals surface area (Å²) < 4.78 is 6.86. The molecule has 1 fully saturated rings. The number of aromatic nitrogens is 3. The summed E-state index contributed by atoms with van der Waals surface area (Å²) in [5.74, 6) is 1.16. The molecule has 1 aliphatic heterocycles. The minimum atomic E-state index is -0.230. The molecular formula is C20H21N4O3S+. The summed E-state index contributed by atoms with van der Waals surface area (Å²) in [7, 11) is 0. The number of likely N-dealkylation sites (tertiary alicyclic amines) is 1. The lowest BCUT2D eigenvalue weighted by atomic mass is 9.99. The molecule has 1 saturated heterocycles. The molecule has 28 heavy (non-hydrogen) atoms. The lowest BCUT2D eigenvalue weighted by Gasteiger charge is -2.33. The van der Waals surface area contributed by atoms with E-state index in [9.17, 15) is 10.2 Å². The van der Waals surface area contributed by atoms with E-state index in [1.54, 1.807) is 18.4 Å². The quantitative estimate of drug-likeness (QED) is 0.489. The molecule has 144 valence electrons. The second-order valence-corrected chi connectivity index (χ2v) is 8.14. The molecule has 1 aliphatic rings. The molecule has 5 rings (SSSR count). The second-order valence-electron chi connectivity index (χ2n) is 7.13. The smallest absolute Gasteiger partial charge is 0.235 e. The third-order valence-electron chi connectivity index (χ3n) is 5.34. The molecule has 0 unspecified atom stereocenters. The van der Waals surface area contributed by atoms with Crippen molar-refractivity contribution in [3.05, 3.63) is 59.2 Å². The normalized spacial score (nSPS) is 21.2. The number of aromatic hydroxyl groups is 1. The Morgan fingerprint density at radius 2 is 1.93 bits per heavy atom. The third-order valence-corrected chi connectivity index (χ3v) is 6.43. The number of thiazole rings is 1. The molecule has 0 amide bonds. The van der Waals surface area contributed by atoms with Crippen molar-refractivity contribution in [3.8, 4) is 17.5 Å². The van der Waals surface area contributed by atoms with Crippen LogP contribution in [0.2, 0.25) is 0 Å². The molecule has 0 bridgehead atoms. The van der Waals surface area contributed by atoms with Crippen molar-refractivity contribution in [1.82, 2.24) is 14.6 Å². The number of hydrogen-bond donors (Lipinski definition) is 3. The van der Waals surface area contributed by atoms with Crippen LogP contribution in [-0.2, 0) is 0 Å². The largest absolute Gasteiger partial charge is 0.492 e. The van der Waals surface area contributed by atoms with Crippen molar-refractivity contribution in [1.29, 1.82) is 0 Å². The van der Waals surface area contributed by atoms with E-state index in [0.717, 1.165) is 36.4 Å². The summed E-state index contributed by atoms with van der Waals surface area (Å²) in [5, 5.41) is 25.3. The topological polar surface area (TPSA) is 88.2 Å². The van der Waals surface area contributed by atoms with Crippen LogP contribution in [0.5, 0.6) is 5.88 Å². The molecule has 8 heteroatoms. The first-order chi connectivity index (χ1) is 13.7. The summed E-state index contributed by atoms with van der Waals surface area (Å²) in [6.45, 7) is 1.71. The molecule has 1 atom stereocenters. The lowest BCUT2D eigenvalue weighted by molar-refractivity contribution is -0.931. The number of piperidine rings is 1. The molecular weight excluding hydrogens is 376 g/mol. The number of rotatable bonds is 4. The van der Waals surface area contributed by atoms with Gasteiger partial charge in [0, 0.05) is 18.4 Å². The van der Waals surface area contributed by atoms with E-state index in [4.69, 9.17) is 4.42 Å². The van der Waals surface area contributed by atoms with Crippen molar-refractivity contribution in [2.45, 2.75) is 25.0 Å². The monoisotopic (exact) mass is 397 g/mol. The van der Waals surface area contributed by atoms with Gasteiger partial charge in [-0.05, 0) is 12.1 Å². The van der Waals surface area contributed by atoms with Crippen LogP contribution in [0.15, 0.2) is 53.1 Å². The van der Waals surface area contributed by atoms with Crippen molar-refractivity contribution < 1.29 is 19.5 Å². The lowest BCUT2D eigenvalue weighted by Crippen LogP contribution is -3.13. The fourth-order valence-corrected chi connectivity index (χ4v) is 5.07. The Balaban J connectivity index is 1.57. The van der Waals surface area contributed by atoms with Gasteiger partial charge in [0.15, 0.2) is 11.8 Å². The van der Waals surface area contributed by atoms with Crippen LogP contribution in [-0.4, -0.2) is 44.0 Å². The first kappa shape index (κ1) is 17.4. The van der Waals surface area contributed by atoms with Gasteiger partial charge in [-0.15, -0.1) is 5.10 Å². The zero-order valence-corrected chi connectivity index (χ0v) is 16.0. The maximum atomic E-state index is 11.0. The Bertz CT molecular complexity index is 1070. The minimum Gasteiger partial charge on any atom is -0.492 e. The highest BCUT2D eigenvalue weighted by atomic mass is 32.1. The van der Waals surface area contributed by atoms with Crippen molar-refractivity contribution in [3.63, 3.8) is 0 Å². The standard InChI is InChI=1S/C20H20N4O3S/c25-14-8-10-23(11-9-14)16(13-5-2-1-3-6-13)17-19(26)24-20(28-17)21-18(22-24)15-7-4-12-27-15/h1-7,12,14,16,25-26H,8-11H2/p+1/t16-/m0/s1. The zero-order chi connectivity index (χ0) is 19.1. The number of quaternary nitrogens is 1. The van der Waals surface area contributed by atoms with Gasteiger partial charge in [0.1, 0.15) is 4.88 Å². The van der Waals surface area contributed by atoms with Crippen LogP contribution < -0.4 is 4.90 Å².